The Morgan fingerprint density at radius 2 is 2.12 bits per heavy atom. The zero-order valence-corrected chi connectivity index (χ0v) is 10.4. The van der Waals surface area contributed by atoms with E-state index in [0.717, 1.165) is 5.56 Å². The predicted molar refractivity (Wildman–Crippen MR) is 69.2 cm³/mol. The van der Waals surface area contributed by atoms with Crippen molar-refractivity contribution in [2.45, 2.75) is 26.4 Å². The summed E-state index contributed by atoms with van der Waals surface area (Å²) in [6.45, 7) is 9.13. The van der Waals surface area contributed by atoms with Gasteiger partial charge in [-0.2, -0.15) is 0 Å². The van der Waals surface area contributed by atoms with Gasteiger partial charge in [0, 0.05) is 12.3 Å². The van der Waals surface area contributed by atoms with Crippen LogP contribution in [0.25, 0.3) is 12.2 Å². The molecular formula is C14H17NO2. The summed E-state index contributed by atoms with van der Waals surface area (Å²) in [6.07, 6.45) is 6.41. The number of esters is 1. The molecular weight excluding hydrogens is 214 g/mol. The molecule has 0 bridgehead atoms. The molecule has 1 aromatic heterocycles. The maximum Gasteiger partial charge on any atom is 0.331 e. The summed E-state index contributed by atoms with van der Waals surface area (Å²) in [4.78, 5) is 15.6. The van der Waals surface area contributed by atoms with Gasteiger partial charge in [0.2, 0.25) is 0 Å². The van der Waals surface area contributed by atoms with Gasteiger partial charge in [0.15, 0.2) is 0 Å². The van der Waals surface area contributed by atoms with Crippen molar-refractivity contribution < 1.29 is 9.53 Å². The molecule has 0 aromatic carbocycles. The van der Waals surface area contributed by atoms with Crippen LogP contribution in [0.15, 0.2) is 31.0 Å². The number of hydrogen-bond acceptors (Lipinski definition) is 3. The number of hydrogen-bond donors (Lipinski definition) is 0. The molecule has 0 unspecified atom stereocenters. The van der Waals surface area contributed by atoms with Crippen LogP contribution in [0.4, 0.5) is 0 Å². The Morgan fingerprint density at radius 1 is 1.41 bits per heavy atom. The molecule has 0 saturated carbocycles. The van der Waals surface area contributed by atoms with Crippen molar-refractivity contribution in [3.05, 3.63) is 42.2 Å². The Kier molecular flexibility index (Phi) is 4.21. The van der Waals surface area contributed by atoms with Gasteiger partial charge in [-0.05, 0) is 38.5 Å². The van der Waals surface area contributed by atoms with Crippen LogP contribution in [-0.2, 0) is 9.53 Å². The number of rotatable bonds is 3. The van der Waals surface area contributed by atoms with Gasteiger partial charge in [-0.1, -0.05) is 18.7 Å². The number of aromatic nitrogens is 1. The van der Waals surface area contributed by atoms with E-state index in [-0.39, 0.29) is 5.97 Å². The summed E-state index contributed by atoms with van der Waals surface area (Å²) >= 11 is 0. The minimum Gasteiger partial charge on any atom is -0.457 e. The van der Waals surface area contributed by atoms with Crippen LogP contribution in [0.3, 0.4) is 0 Å². The lowest BCUT2D eigenvalue weighted by atomic mass is 10.2. The average molecular weight is 231 g/mol. The highest BCUT2D eigenvalue weighted by Gasteiger charge is 2.13. The highest BCUT2D eigenvalue weighted by Crippen LogP contribution is 2.08. The van der Waals surface area contributed by atoms with Crippen LogP contribution in [0.2, 0.25) is 0 Å². The van der Waals surface area contributed by atoms with E-state index in [0.29, 0.717) is 5.69 Å². The molecule has 0 atom stereocenters. The molecule has 0 spiro atoms. The van der Waals surface area contributed by atoms with E-state index in [1.165, 1.54) is 6.08 Å². The summed E-state index contributed by atoms with van der Waals surface area (Å²) in [5.74, 6) is -0.368. The molecule has 0 saturated heterocycles. The number of nitrogens with zero attached hydrogens (tertiary/aromatic N) is 1. The fourth-order valence-corrected chi connectivity index (χ4v) is 1.13. The van der Waals surface area contributed by atoms with Gasteiger partial charge < -0.3 is 4.74 Å². The number of carbonyl (C=O) groups excluding carboxylic acids is 1. The molecule has 3 heteroatoms. The zero-order chi connectivity index (χ0) is 12.9. The van der Waals surface area contributed by atoms with Crippen LogP contribution in [0, 0.1) is 0 Å². The molecule has 90 valence electrons. The second-order valence-electron chi connectivity index (χ2n) is 4.59. The summed E-state index contributed by atoms with van der Waals surface area (Å²) in [6, 6.07) is 3.70. The molecule has 0 fully saturated rings. The maximum atomic E-state index is 11.4. The molecule has 1 aromatic rings. The van der Waals surface area contributed by atoms with Crippen LogP contribution < -0.4 is 0 Å². The third kappa shape index (κ3) is 5.11. The lowest BCUT2D eigenvalue weighted by Crippen LogP contribution is -2.22. The lowest BCUT2D eigenvalue weighted by molar-refractivity contribution is -0.148. The van der Waals surface area contributed by atoms with Gasteiger partial charge in [-0.15, -0.1) is 0 Å². The molecule has 0 radical (unpaired) electrons. The smallest absolute Gasteiger partial charge is 0.331 e. The van der Waals surface area contributed by atoms with Crippen LogP contribution >= 0.6 is 0 Å². The molecule has 0 aliphatic carbocycles. The number of pyridine rings is 1. The average Bonchev–Trinajstić information content (AvgIpc) is 2.25. The molecule has 0 N–H and O–H groups in total. The van der Waals surface area contributed by atoms with E-state index < -0.39 is 5.60 Å². The molecule has 1 heterocycles. The van der Waals surface area contributed by atoms with E-state index in [1.54, 1.807) is 18.3 Å². The Labute approximate surface area is 102 Å². The first-order valence-corrected chi connectivity index (χ1v) is 5.40. The maximum absolute atomic E-state index is 11.4. The van der Waals surface area contributed by atoms with Crippen molar-refractivity contribution in [1.82, 2.24) is 4.98 Å². The van der Waals surface area contributed by atoms with Gasteiger partial charge in [0.05, 0.1) is 5.69 Å². The van der Waals surface area contributed by atoms with Crippen LogP contribution in [-0.4, -0.2) is 16.6 Å². The molecule has 1 rings (SSSR count). The third-order valence-electron chi connectivity index (χ3n) is 1.84. The zero-order valence-electron chi connectivity index (χ0n) is 10.4. The van der Waals surface area contributed by atoms with E-state index >= 15 is 0 Å². The molecule has 0 aliphatic rings. The van der Waals surface area contributed by atoms with Crippen LogP contribution in [0.1, 0.15) is 32.0 Å². The van der Waals surface area contributed by atoms with Crippen molar-refractivity contribution in [2.75, 3.05) is 0 Å². The topological polar surface area (TPSA) is 39.2 Å². The number of carbonyl (C=O) groups is 1. The van der Waals surface area contributed by atoms with E-state index in [4.69, 9.17) is 4.74 Å². The third-order valence-corrected chi connectivity index (χ3v) is 1.84. The summed E-state index contributed by atoms with van der Waals surface area (Å²) < 4.78 is 5.13. The highest BCUT2D eigenvalue weighted by atomic mass is 16.6. The van der Waals surface area contributed by atoms with E-state index in [2.05, 4.69) is 11.6 Å². The van der Waals surface area contributed by atoms with Gasteiger partial charge in [-0.25, -0.2) is 4.79 Å². The van der Waals surface area contributed by atoms with Crippen molar-refractivity contribution in [3.63, 3.8) is 0 Å². The van der Waals surface area contributed by atoms with Gasteiger partial charge in [0.1, 0.15) is 5.60 Å². The summed E-state index contributed by atoms with van der Waals surface area (Å²) in [7, 11) is 0. The SMILES string of the molecule is C=Cc1ccc(/C=C/C(=O)OC(C)(C)C)nc1. The number of ether oxygens (including phenoxy) is 1. The first-order valence-electron chi connectivity index (χ1n) is 5.40. The Morgan fingerprint density at radius 3 is 2.59 bits per heavy atom. The fourth-order valence-electron chi connectivity index (χ4n) is 1.13. The second-order valence-corrected chi connectivity index (χ2v) is 4.59. The Balaban J connectivity index is 2.64. The van der Waals surface area contributed by atoms with Crippen molar-refractivity contribution in [1.29, 1.82) is 0 Å². The molecule has 17 heavy (non-hydrogen) atoms. The minimum absolute atomic E-state index is 0.368. The molecule has 0 amide bonds. The fraction of sp³-hybridized carbons (Fsp3) is 0.286. The first kappa shape index (κ1) is 13.2. The highest BCUT2D eigenvalue weighted by molar-refractivity contribution is 5.87. The standard InChI is InChI=1S/C14H17NO2/c1-5-11-6-7-12(15-10-11)8-9-13(16)17-14(2,3)4/h5-10H,1H2,2-4H3/b9-8+. The van der Waals surface area contributed by atoms with Gasteiger partial charge in [-0.3, -0.25) is 4.98 Å². The largest absolute Gasteiger partial charge is 0.457 e. The van der Waals surface area contributed by atoms with E-state index in [1.807, 2.05) is 32.9 Å². The monoisotopic (exact) mass is 231 g/mol. The Bertz CT molecular complexity index is 425. The van der Waals surface area contributed by atoms with Gasteiger partial charge in [0.25, 0.3) is 0 Å². The lowest BCUT2D eigenvalue weighted by Gasteiger charge is -2.17. The van der Waals surface area contributed by atoms with Crippen molar-refractivity contribution in [3.8, 4) is 0 Å². The summed E-state index contributed by atoms with van der Waals surface area (Å²) in [5.41, 5.74) is 1.18. The normalized spacial score (nSPS) is 11.5. The molecule has 3 nitrogen and oxygen atoms in total. The van der Waals surface area contributed by atoms with Gasteiger partial charge >= 0.3 is 5.97 Å². The first-order chi connectivity index (χ1) is 7.90. The van der Waals surface area contributed by atoms with E-state index in [9.17, 15) is 4.79 Å². The second kappa shape index (κ2) is 5.43. The Hall–Kier alpha value is -1.90. The van der Waals surface area contributed by atoms with Crippen molar-refractivity contribution >= 4 is 18.1 Å². The quantitative estimate of drug-likeness (QED) is 0.592. The molecule has 0 aliphatic heterocycles. The predicted octanol–water partition coefficient (Wildman–Crippen LogP) is 3.08. The van der Waals surface area contributed by atoms with Crippen LogP contribution in [0.5, 0.6) is 0 Å². The summed E-state index contributed by atoms with van der Waals surface area (Å²) in [5, 5.41) is 0. The minimum atomic E-state index is -0.471. The van der Waals surface area contributed by atoms with Crippen molar-refractivity contribution in [2.24, 2.45) is 0 Å².